The maximum Gasteiger partial charge on any atom is 0.257 e. The zero-order chi connectivity index (χ0) is 27.2. The van der Waals surface area contributed by atoms with E-state index >= 15 is 0 Å². The number of likely N-dealkylation sites (tertiary alicyclic amines) is 1. The summed E-state index contributed by atoms with van der Waals surface area (Å²) in [6.45, 7) is 6.54. The van der Waals surface area contributed by atoms with E-state index in [1.165, 1.54) is 36.5 Å². The standard InChI is InChI=1S/C32H36F2N4O/c1-2-3-19-37(32(39)27-16-15-26(33)20-28(27)34)23-31-35-29-13-7-8-14-30(29)38(31)22-25-12-6-5-11-24(25)21-36-17-9-4-10-18-36/h5-8,11-16,20H,2-4,9-10,17-19,21-23H2,1H3. The van der Waals surface area contributed by atoms with E-state index in [0.717, 1.165) is 61.5 Å². The van der Waals surface area contributed by atoms with Gasteiger partial charge in [0.25, 0.3) is 5.91 Å². The van der Waals surface area contributed by atoms with Gasteiger partial charge in [-0.3, -0.25) is 9.69 Å². The molecule has 0 spiro atoms. The summed E-state index contributed by atoms with van der Waals surface area (Å²) >= 11 is 0. The Morgan fingerprint density at radius 3 is 2.38 bits per heavy atom. The second-order valence-corrected chi connectivity index (χ2v) is 10.4. The number of amides is 1. The summed E-state index contributed by atoms with van der Waals surface area (Å²) in [5.41, 5.74) is 4.26. The molecule has 0 saturated carbocycles. The van der Waals surface area contributed by atoms with Crippen LogP contribution in [-0.2, 0) is 19.6 Å². The van der Waals surface area contributed by atoms with E-state index < -0.39 is 17.5 Å². The van der Waals surface area contributed by atoms with Gasteiger partial charge < -0.3 is 9.47 Å². The van der Waals surface area contributed by atoms with Crippen LogP contribution in [0.2, 0.25) is 0 Å². The van der Waals surface area contributed by atoms with E-state index in [9.17, 15) is 13.6 Å². The van der Waals surface area contributed by atoms with Crippen molar-refractivity contribution in [2.45, 2.75) is 58.7 Å². The van der Waals surface area contributed by atoms with Gasteiger partial charge >= 0.3 is 0 Å². The number of carbonyl (C=O) groups excluding carboxylic acids is 1. The van der Waals surface area contributed by atoms with E-state index in [-0.39, 0.29) is 12.1 Å². The van der Waals surface area contributed by atoms with E-state index in [1.807, 2.05) is 18.2 Å². The summed E-state index contributed by atoms with van der Waals surface area (Å²) in [6, 6.07) is 19.7. The Bertz CT molecular complexity index is 1430. The Morgan fingerprint density at radius 2 is 1.64 bits per heavy atom. The van der Waals surface area contributed by atoms with Crippen molar-refractivity contribution in [1.82, 2.24) is 19.4 Å². The predicted molar refractivity (Wildman–Crippen MR) is 150 cm³/mol. The summed E-state index contributed by atoms with van der Waals surface area (Å²) in [7, 11) is 0. The Hall–Kier alpha value is -3.58. The van der Waals surface area contributed by atoms with Gasteiger partial charge in [0, 0.05) is 25.7 Å². The molecular weight excluding hydrogens is 494 g/mol. The number of fused-ring (bicyclic) bond motifs is 1. The van der Waals surface area contributed by atoms with Crippen LogP contribution in [0.25, 0.3) is 11.0 Å². The maximum absolute atomic E-state index is 14.6. The first kappa shape index (κ1) is 27.0. The normalized spacial score (nSPS) is 14.1. The quantitative estimate of drug-likeness (QED) is 0.227. The van der Waals surface area contributed by atoms with Crippen LogP contribution in [0.15, 0.2) is 66.7 Å². The minimum absolute atomic E-state index is 0.123. The predicted octanol–water partition coefficient (Wildman–Crippen LogP) is 6.79. The fraction of sp³-hybridized carbons (Fsp3) is 0.375. The topological polar surface area (TPSA) is 41.4 Å². The van der Waals surface area contributed by atoms with Gasteiger partial charge in [-0.1, -0.05) is 56.2 Å². The lowest BCUT2D eigenvalue weighted by Gasteiger charge is -2.27. The highest BCUT2D eigenvalue weighted by Gasteiger charge is 2.23. The van der Waals surface area contributed by atoms with Crippen LogP contribution >= 0.6 is 0 Å². The van der Waals surface area contributed by atoms with E-state index in [1.54, 1.807) is 4.90 Å². The van der Waals surface area contributed by atoms with Crippen LogP contribution in [0.1, 0.15) is 66.3 Å². The molecular formula is C32H36F2N4O. The van der Waals surface area contributed by atoms with Crippen molar-refractivity contribution in [3.63, 3.8) is 0 Å². The molecule has 0 unspecified atom stereocenters. The molecule has 204 valence electrons. The lowest BCUT2D eigenvalue weighted by atomic mass is 10.0. The van der Waals surface area contributed by atoms with Gasteiger partial charge in [0.1, 0.15) is 17.5 Å². The fourth-order valence-electron chi connectivity index (χ4n) is 5.42. The van der Waals surface area contributed by atoms with E-state index in [2.05, 4.69) is 46.7 Å². The minimum atomic E-state index is -0.846. The molecule has 1 aromatic heterocycles. The molecule has 39 heavy (non-hydrogen) atoms. The third-order valence-electron chi connectivity index (χ3n) is 7.59. The first-order chi connectivity index (χ1) is 19.0. The number of halogens is 2. The molecule has 3 aromatic carbocycles. The number of para-hydroxylation sites is 2. The average Bonchev–Trinajstić information content (AvgIpc) is 3.29. The SMILES string of the molecule is CCCCN(Cc1nc2ccccc2n1Cc1ccccc1CN1CCCCC1)C(=O)c1ccc(F)cc1F. The van der Waals surface area contributed by atoms with Gasteiger partial charge in [0.05, 0.1) is 23.1 Å². The summed E-state index contributed by atoms with van der Waals surface area (Å²) in [5, 5.41) is 0. The maximum atomic E-state index is 14.6. The molecule has 0 radical (unpaired) electrons. The van der Waals surface area contributed by atoms with Crippen LogP contribution < -0.4 is 0 Å². The Kier molecular flexibility index (Phi) is 8.67. The number of imidazole rings is 1. The van der Waals surface area contributed by atoms with Crippen molar-refractivity contribution < 1.29 is 13.6 Å². The fourth-order valence-corrected chi connectivity index (χ4v) is 5.42. The van der Waals surface area contributed by atoms with E-state index in [0.29, 0.717) is 13.1 Å². The Labute approximate surface area is 229 Å². The summed E-state index contributed by atoms with van der Waals surface area (Å²) in [6.07, 6.45) is 5.45. The molecule has 1 aliphatic heterocycles. The number of benzene rings is 3. The zero-order valence-electron chi connectivity index (χ0n) is 22.6. The molecule has 1 fully saturated rings. The second kappa shape index (κ2) is 12.5. The number of hydrogen-bond acceptors (Lipinski definition) is 3. The van der Waals surface area contributed by atoms with Crippen molar-refractivity contribution >= 4 is 16.9 Å². The van der Waals surface area contributed by atoms with Crippen molar-refractivity contribution in [3.8, 4) is 0 Å². The van der Waals surface area contributed by atoms with Gasteiger partial charge in [-0.05, 0) is 67.7 Å². The van der Waals surface area contributed by atoms with Crippen LogP contribution in [0, 0.1) is 11.6 Å². The summed E-state index contributed by atoms with van der Waals surface area (Å²) in [5.74, 6) is -1.25. The van der Waals surface area contributed by atoms with Crippen LogP contribution in [0.3, 0.4) is 0 Å². The molecule has 0 atom stereocenters. The number of piperidine rings is 1. The highest BCUT2D eigenvalue weighted by Crippen LogP contribution is 2.23. The van der Waals surface area contributed by atoms with Crippen molar-refractivity contribution in [3.05, 3.63) is 101 Å². The van der Waals surface area contributed by atoms with Crippen LogP contribution in [0.5, 0.6) is 0 Å². The Morgan fingerprint density at radius 1 is 0.923 bits per heavy atom. The molecule has 5 rings (SSSR count). The van der Waals surface area contributed by atoms with Gasteiger partial charge in [0.2, 0.25) is 0 Å². The first-order valence-electron chi connectivity index (χ1n) is 14.0. The highest BCUT2D eigenvalue weighted by molar-refractivity contribution is 5.94. The second-order valence-electron chi connectivity index (χ2n) is 10.4. The lowest BCUT2D eigenvalue weighted by Crippen LogP contribution is -2.33. The molecule has 1 saturated heterocycles. The van der Waals surface area contributed by atoms with Crippen molar-refractivity contribution in [2.75, 3.05) is 19.6 Å². The smallest absolute Gasteiger partial charge is 0.257 e. The monoisotopic (exact) mass is 530 g/mol. The van der Waals surface area contributed by atoms with Gasteiger partial charge in [0.15, 0.2) is 0 Å². The van der Waals surface area contributed by atoms with Gasteiger partial charge in [-0.25, -0.2) is 13.8 Å². The number of carbonyl (C=O) groups is 1. The van der Waals surface area contributed by atoms with Crippen LogP contribution in [0.4, 0.5) is 8.78 Å². The molecule has 0 aliphatic carbocycles. The molecule has 2 heterocycles. The lowest BCUT2D eigenvalue weighted by molar-refractivity contribution is 0.0730. The third kappa shape index (κ3) is 6.36. The molecule has 4 aromatic rings. The number of nitrogens with zero attached hydrogens (tertiary/aromatic N) is 4. The van der Waals surface area contributed by atoms with Crippen molar-refractivity contribution in [2.24, 2.45) is 0 Å². The van der Waals surface area contributed by atoms with E-state index in [4.69, 9.17) is 4.98 Å². The van der Waals surface area contributed by atoms with Gasteiger partial charge in [-0.2, -0.15) is 0 Å². The number of aromatic nitrogens is 2. The summed E-state index contributed by atoms with van der Waals surface area (Å²) in [4.78, 5) is 22.5. The number of hydrogen-bond donors (Lipinski definition) is 0. The molecule has 1 amide bonds. The zero-order valence-corrected chi connectivity index (χ0v) is 22.6. The molecule has 0 N–H and O–H groups in total. The molecule has 0 bridgehead atoms. The molecule has 7 heteroatoms. The highest BCUT2D eigenvalue weighted by atomic mass is 19.1. The largest absolute Gasteiger partial charge is 0.331 e. The Balaban J connectivity index is 1.48. The van der Waals surface area contributed by atoms with Gasteiger partial charge in [-0.15, -0.1) is 0 Å². The minimum Gasteiger partial charge on any atom is -0.331 e. The number of unbranched alkanes of at least 4 members (excludes halogenated alkanes) is 1. The molecule has 1 aliphatic rings. The first-order valence-corrected chi connectivity index (χ1v) is 14.0. The summed E-state index contributed by atoms with van der Waals surface area (Å²) < 4.78 is 30.3. The molecule has 5 nitrogen and oxygen atoms in total. The van der Waals surface area contributed by atoms with Crippen LogP contribution in [-0.4, -0.2) is 44.9 Å². The average molecular weight is 531 g/mol. The third-order valence-corrected chi connectivity index (χ3v) is 7.59. The number of rotatable bonds is 10. The van der Waals surface area contributed by atoms with Crippen molar-refractivity contribution in [1.29, 1.82) is 0 Å².